The van der Waals surface area contributed by atoms with Gasteiger partial charge in [-0.25, -0.2) is 0 Å². The summed E-state index contributed by atoms with van der Waals surface area (Å²) in [6.07, 6.45) is 5.74. The lowest BCUT2D eigenvalue weighted by atomic mass is 10.3. The van der Waals surface area contributed by atoms with Crippen LogP contribution in [0, 0.1) is 0 Å². The van der Waals surface area contributed by atoms with Crippen LogP contribution in [0.5, 0.6) is 0 Å². The SMILES string of the molecule is OCN1CCC[C@H]1N1CCCC1. The molecule has 12 heavy (non-hydrogen) atoms. The highest BCUT2D eigenvalue weighted by Crippen LogP contribution is 2.23. The third-order valence-electron chi connectivity index (χ3n) is 3.07. The van der Waals surface area contributed by atoms with Gasteiger partial charge in [0, 0.05) is 6.54 Å². The molecule has 2 rings (SSSR count). The van der Waals surface area contributed by atoms with Crippen molar-refractivity contribution in [1.82, 2.24) is 9.80 Å². The quantitative estimate of drug-likeness (QED) is 0.652. The van der Waals surface area contributed by atoms with Crippen molar-refractivity contribution in [2.75, 3.05) is 26.4 Å². The lowest BCUT2D eigenvalue weighted by Gasteiger charge is -2.30. The Hall–Kier alpha value is -0.120. The second-order valence-electron chi connectivity index (χ2n) is 3.82. The van der Waals surface area contributed by atoms with E-state index in [9.17, 15) is 0 Å². The van der Waals surface area contributed by atoms with Crippen LogP contribution in [0.4, 0.5) is 0 Å². The van der Waals surface area contributed by atoms with Gasteiger partial charge in [-0.05, 0) is 38.8 Å². The summed E-state index contributed by atoms with van der Waals surface area (Å²) in [7, 11) is 0. The highest BCUT2D eigenvalue weighted by molar-refractivity contribution is 4.80. The molecule has 0 spiro atoms. The van der Waals surface area contributed by atoms with Crippen LogP contribution in [0.1, 0.15) is 25.7 Å². The van der Waals surface area contributed by atoms with Crippen LogP contribution in [-0.4, -0.2) is 47.4 Å². The fourth-order valence-corrected chi connectivity index (χ4v) is 2.43. The van der Waals surface area contributed by atoms with Crippen molar-refractivity contribution in [2.24, 2.45) is 0 Å². The van der Waals surface area contributed by atoms with Crippen LogP contribution in [0.25, 0.3) is 0 Å². The molecular formula is C9H18N2O. The molecule has 1 atom stereocenters. The summed E-state index contributed by atoms with van der Waals surface area (Å²) in [5, 5.41) is 9.10. The molecule has 0 aliphatic carbocycles. The number of nitrogens with zero attached hydrogens (tertiary/aromatic N) is 2. The van der Waals surface area contributed by atoms with Gasteiger partial charge in [-0.2, -0.15) is 0 Å². The molecule has 0 aromatic carbocycles. The van der Waals surface area contributed by atoms with E-state index >= 15 is 0 Å². The third kappa shape index (κ3) is 1.49. The van der Waals surface area contributed by atoms with E-state index < -0.39 is 0 Å². The molecular weight excluding hydrogens is 152 g/mol. The summed E-state index contributed by atoms with van der Waals surface area (Å²) < 4.78 is 0. The molecule has 2 heterocycles. The zero-order valence-corrected chi connectivity index (χ0v) is 7.58. The topological polar surface area (TPSA) is 26.7 Å². The predicted octanol–water partition coefficient (Wildman–Crippen LogP) is 0.454. The Balaban J connectivity index is 1.92. The molecule has 70 valence electrons. The van der Waals surface area contributed by atoms with E-state index in [4.69, 9.17) is 5.11 Å². The Labute approximate surface area is 74.0 Å². The number of aliphatic hydroxyl groups excluding tert-OH is 1. The Bertz CT molecular complexity index is 145. The first kappa shape index (κ1) is 8.48. The molecule has 2 fully saturated rings. The maximum absolute atomic E-state index is 9.10. The van der Waals surface area contributed by atoms with Gasteiger partial charge in [0.15, 0.2) is 0 Å². The van der Waals surface area contributed by atoms with E-state index in [2.05, 4.69) is 9.80 Å². The van der Waals surface area contributed by atoms with Gasteiger partial charge in [-0.3, -0.25) is 9.80 Å². The normalized spacial score (nSPS) is 33.2. The summed E-state index contributed by atoms with van der Waals surface area (Å²) in [4.78, 5) is 4.70. The van der Waals surface area contributed by atoms with E-state index in [-0.39, 0.29) is 6.73 Å². The molecule has 3 nitrogen and oxygen atoms in total. The summed E-state index contributed by atoms with van der Waals surface area (Å²) in [5.74, 6) is 0. The first-order valence-electron chi connectivity index (χ1n) is 5.01. The number of hydrogen-bond donors (Lipinski definition) is 1. The number of likely N-dealkylation sites (tertiary alicyclic amines) is 2. The van der Waals surface area contributed by atoms with Crippen molar-refractivity contribution in [2.45, 2.75) is 31.8 Å². The highest BCUT2D eigenvalue weighted by Gasteiger charge is 2.30. The summed E-state index contributed by atoms with van der Waals surface area (Å²) in [6, 6.07) is 0. The Kier molecular flexibility index (Phi) is 2.63. The second-order valence-corrected chi connectivity index (χ2v) is 3.82. The van der Waals surface area contributed by atoms with Gasteiger partial charge in [-0.1, -0.05) is 0 Å². The average molecular weight is 170 g/mol. The first-order chi connectivity index (χ1) is 5.92. The molecule has 0 radical (unpaired) electrons. The smallest absolute Gasteiger partial charge is 0.0968 e. The maximum Gasteiger partial charge on any atom is 0.0968 e. The molecule has 0 unspecified atom stereocenters. The molecule has 0 bridgehead atoms. The Morgan fingerprint density at radius 3 is 2.50 bits per heavy atom. The minimum absolute atomic E-state index is 0.237. The zero-order chi connectivity index (χ0) is 8.39. The van der Waals surface area contributed by atoms with Gasteiger partial charge < -0.3 is 5.11 Å². The van der Waals surface area contributed by atoms with Crippen molar-refractivity contribution in [3.63, 3.8) is 0 Å². The molecule has 2 saturated heterocycles. The van der Waals surface area contributed by atoms with Crippen molar-refractivity contribution >= 4 is 0 Å². The van der Waals surface area contributed by atoms with Crippen molar-refractivity contribution in [3.8, 4) is 0 Å². The summed E-state index contributed by atoms with van der Waals surface area (Å²) >= 11 is 0. The number of aliphatic hydroxyl groups is 1. The molecule has 0 amide bonds. The van der Waals surface area contributed by atoms with Crippen molar-refractivity contribution < 1.29 is 5.11 Å². The van der Waals surface area contributed by atoms with Gasteiger partial charge >= 0.3 is 0 Å². The van der Waals surface area contributed by atoms with E-state index in [1.165, 1.54) is 38.8 Å². The molecule has 0 aromatic heterocycles. The predicted molar refractivity (Wildman–Crippen MR) is 47.6 cm³/mol. The van der Waals surface area contributed by atoms with Gasteiger partial charge in [-0.15, -0.1) is 0 Å². The minimum Gasteiger partial charge on any atom is -0.381 e. The van der Waals surface area contributed by atoms with E-state index in [1.807, 2.05) is 0 Å². The lowest BCUT2D eigenvalue weighted by molar-refractivity contribution is 0.0253. The van der Waals surface area contributed by atoms with Gasteiger partial charge in [0.05, 0.1) is 12.9 Å². The largest absolute Gasteiger partial charge is 0.381 e. The molecule has 2 aliphatic rings. The number of hydrogen-bond acceptors (Lipinski definition) is 3. The average Bonchev–Trinajstić information content (AvgIpc) is 2.74. The molecule has 1 N–H and O–H groups in total. The van der Waals surface area contributed by atoms with Crippen LogP contribution in [0.2, 0.25) is 0 Å². The Morgan fingerprint density at radius 2 is 1.83 bits per heavy atom. The van der Waals surface area contributed by atoms with E-state index in [1.54, 1.807) is 0 Å². The molecule has 2 aliphatic heterocycles. The fraction of sp³-hybridized carbons (Fsp3) is 1.00. The Morgan fingerprint density at radius 1 is 1.08 bits per heavy atom. The lowest BCUT2D eigenvalue weighted by Crippen LogP contribution is -2.43. The maximum atomic E-state index is 9.10. The highest BCUT2D eigenvalue weighted by atomic mass is 16.3. The molecule has 0 aromatic rings. The third-order valence-corrected chi connectivity index (χ3v) is 3.07. The zero-order valence-electron chi connectivity index (χ0n) is 7.58. The van der Waals surface area contributed by atoms with Gasteiger partial charge in [0.1, 0.15) is 0 Å². The van der Waals surface area contributed by atoms with Crippen LogP contribution >= 0.6 is 0 Å². The van der Waals surface area contributed by atoms with E-state index in [0.29, 0.717) is 6.17 Å². The van der Waals surface area contributed by atoms with Crippen LogP contribution in [0.3, 0.4) is 0 Å². The second kappa shape index (κ2) is 3.73. The molecule has 0 saturated carbocycles. The van der Waals surface area contributed by atoms with Crippen LogP contribution in [0.15, 0.2) is 0 Å². The molecule has 3 heteroatoms. The van der Waals surface area contributed by atoms with Gasteiger partial charge in [0.2, 0.25) is 0 Å². The van der Waals surface area contributed by atoms with Gasteiger partial charge in [0.25, 0.3) is 0 Å². The fourth-order valence-electron chi connectivity index (χ4n) is 2.43. The monoisotopic (exact) mass is 170 g/mol. The van der Waals surface area contributed by atoms with E-state index in [0.717, 1.165) is 6.54 Å². The van der Waals surface area contributed by atoms with Crippen molar-refractivity contribution in [3.05, 3.63) is 0 Å². The van der Waals surface area contributed by atoms with Crippen molar-refractivity contribution in [1.29, 1.82) is 0 Å². The van der Waals surface area contributed by atoms with Crippen LogP contribution < -0.4 is 0 Å². The van der Waals surface area contributed by atoms with Crippen LogP contribution in [-0.2, 0) is 0 Å². The number of rotatable bonds is 2. The minimum atomic E-state index is 0.237. The summed E-state index contributed by atoms with van der Waals surface area (Å²) in [5.41, 5.74) is 0. The standard InChI is InChI=1S/C9H18N2O/c12-8-11-7-3-4-9(11)10-5-1-2-6-10/h9,12H,1-8H2/t9-/m0/s1. The summed E-state index contributed by atoms with van der Waals surface area (Å²) in [6.45, 7) is 3.79. The first-order valence-corrected chi connectivity index (χ1v) is 5.01.